The molecule has 0 spiro atoms. The standard InChI is InChI=1S/C12H14N2O/c1-2-5-10(6-3-1)12-13-14-8-4-7-11(14)9-15-12/h1-3,5-6,11H,4,7-9H2/t11-/m0/s1. The molecule has 0 aliphatic carbocycles. The minimum absolute atomic E-state index is 0.512. The maximum absolute atomic E-state index is 5.69. The van der Waals surface area contributed by atoms with E-state index in [2.05, 4.69) is 10.1 Å². The Morgan fingerprint density at radius 1 is 1.27 bits per heavy atom. The summed E-state index contributed by atoms with van der Waals surface area (Å²) in [7, 11) is 0. The Balaban J connectivity index is 1.88. The Morgan fingerprint density at radius 3 is 3.00 bits per heavy atom. The molecule has 2 heterocycles. The number of ether oxygens (including phenoxy) is 1. The zero-order valence-electron chi connectivity index (χ0n) is 8.60. The summed E-state index contributed by atoms with van der Waals surface area (Å²) in [6.45, 7) is 1.86. The van der Waals surface area contributed by atoms with E-state index in [0.29, 0.717) is 6.04 Å². The largest absolute Gasteiger partial charge is 0.474 e. The maximum Gasteiger partial charge on any atom is 0.238 e. The first-order valence-electron chi connectivity index (χ1n) is 5.47. The zero-order valence-corrected chi connectivity index (χ0v) is 8.60. The summed E-state index contributed by atoms with van der Waals surface area (Å²) >= 11 is 0. The van der Waals surface area contributed by atoms with Gasteiger partial charge in [0.1, 0.15) is 6.61 Å². The third kappa shape index (κ3) is 1.58. The molecule has 0 amide bonds. The Hall–Kier alpha value is -1.51. The topological polar surface area (TPSA) is 24.8 Å². The van der Waals surface area contributed by atoms with Crippen LogP contribution in [-0.4, -0.2) is 30.1 Å². The lowest BCUT2D eigenvalue weighted by Crippen LogP contribution is -2.36. The lowest BCUT2D eigenvalue weighted by Gasteiger charge is -2.27. The molecule has 3 heteroatoms. The van der Waals surface area contributed by atoms with Crippen molar-refractivity contribution in [2.75, 3.05) is 13.2 Å². The first-order chi connectivity index (χ1) is 7.43. The van der Waals surface area contributed by atoms with Crippen LogP contribution in [0.2, 0.25) is 0 Å². The van der Waals surface area contributed by atoms with E-state index in [0.717, 1.165) is 24.6 Å². The first kappa shape index (κ1) is 8.77. The Morgan fingerprint density at radius 2 is 2.13 bits per heavy atom. The molecule has 3 rings (SSSR count). The fourth-order valence-electron chi connectivity index (χ4n) is 2.16. The van der Waals surface area contributed by atoms with E-state index in [4.69, 9.17) is 4.74 Å². The van der Waals surface area contributed by atoms with E-state index in [1.165, 1.54) is 12.8 Å². The van der Waals surface area contributed by atoms with Gasteiger partial charge in [0.15, 0.2) is 0 Å². The fourth-order valence-corrected chi connectivity index (χ4v) is 2.16. The molecular formula is C12H14N2O. The van der Waals surface area contributed by atoms with Gasteiger partial charge in [0, 0.05) is 12.1 Å². The molecule has 1 atom stereocenters. The van der Waals surface area contributed by atoms with Crippen molar-refractivity contribution in [1.29, 1.82) is 0 Å². The van der Waals surface area contributed by atoms with Gasteiger partial charge < -0.3 is 4.74 Å². The maximum atomic E-state index is 5.69. The summed E-state index contributed by atoms with van der Waals surface area (Å²) in [5, 5.41) is 6.71. The van der Waals surface area contributed by atoms with Crippen molar-refractivity contribution in [3.63, 3.8) is 0 Å². The number of rotatable bonds is 1. The van der Waals surface area contributed by atoms with E-state index < -0.39 is 0 Å². The van der Waals surface area contributed by atoms with Crippen molar-refractivity contribution < 1.29 is 4.74 Å². The van der Waals surface area contributed by atoms with Crippen molar-refractivity contribution in [1.82, 2.24) is 5.01 Å². The van der Waals surface area contributed by atoms with Gasteiger partial charge in [-0.05, 0) is 25.0 Å². The highest BCUT2D eigenvalue weighted by molar-refractivity contribution is 5.94. The normalized spacial score (nSPS) is 24.4. The summed E-state index contributed by atoms with van der Waals surface area (Å²) in [4.78, 5) is 0. The molecule has 0 N–H and O–H groups in total. The highest BCUT2D eigenvalue weighted by Gasteiger charge is 2.28. The molecule has 1 fully saturated rings. The summed E-state index contributed by atoms with van der Waals surface area (Å²) < 4.78 is 5.69. The van der Waals surface area contributed by atoms with E-state index >= 15 is 0 Å². The van der Waals surface area contributed by atoms with Gasteiger partial charge in [0.2, 0.25) is 5.90 Å². The first-order valence-corrected chi connectivity index (χ1v) is 5.47. The highest BCUT2D eigenvalue weighted by atomic mass is 16.5. The van der Waals surface area contributed by atoms with Crippen molar-refractivity contribution >= 4 is 5.90 Å². The SMILES string of the molecule is c1ccc(C2=NN3CCC[C@H]3CO2)cc1. The van der Waals surface area contributed by atoms with Crippen LogP contribution in [0.4, 0.5) is 0 Å². The summed E-state index contributed by atoms with van der Waals surface area (Å²) in [6, 6.07) is 10.6. The molecule has 0 bridgehead atoms. The van der Waals surface area contributed by atoms with Gasteiger partial charge in [-0.1, -0.05) is 18.2 Å². The number of hydrazone groups is 1. The highest BCUT2D eigenvalue weighted by Crippen LogP contribution is 2.22. The van der Waals surface area contributed by atoms with Crippen molar-refractivity contribution in [3.05, 3.63) is 35.9 Å². The number of nitrogens with zero attached hydrogens (tertiary/aromatic N) is 2. The number of benzene rings is 1. The van der Waals surface area contributed by atoms with Crippen molar-refractivity contribution in [2.45, 2.75) is 18.9 Å². The van der Waals surface area contributed by atoms with Crippen LogP contribution in [0, 0.1) is 0 Å². The molecule has 15 heavy (non-hydrogen) atoms. The second kappa shape index (κ2) is 3.57. The molecule has 0 radical (unpaired) electrons. The van der Waals surface area contributed by atoms with Gasteiger partial charge in [-0.15, -0.1) is 5.10 Å². The summed E-state index contributed by atoms with van der Waals surface area (Å²) in [5.41, 5.74) is 1.07. The van der Waals surface area contributed by atoms with Gasteiger partial charge in [0.25, 0.3) is 0 Å². The van der Waals surface area contributed by atoms with E-state index in [1.54, 1.807) is 0 Å². The van der Waals surface area contributed by atoms with Gasteiger partial charge in [-0.2, -0.15) is 0 Å². The lowest BCUT2D eigenvalue weighted by atomic mass is 10.2. The van der Waals surface area contributed by atoms with Crippen LogP contribution in [0.15, 0.2) is 35.4 Å². The van der Waals surface area contributed by atoms with Gasteiger partial charge in [-0.3, -0.25) is 5.01 Å². The predicted octanol–water partition coefficient (Wildman–Crippen LogP) is 1.84. The van der Waals surface area contributed by atoms with Gasteiger partial charge in [0.05, 0.1) is 6.04 Å². The summed E-state index contributed by atoms with van der Waals surface area (Å²) in [6.07, 6.45) is 2.45. The molecule has 2 aliphatic rings. The number of hydrogen-bond donors (Lipinski definition) is 0. The second-order valence-electron chi connectivity index (χ2n) is 4.04. The smallest absolute Gasteiger partial charge is 0.238 e. The van der Waals surface area contributed by atoms with Crippen LogP contribution in [-0.2, 0) is 4.74 Å². The molecule has 1 aromatic carbocycles. The number of fused-ring (bicyclic) bond motifs is 1. The van der Waals surface area contributed by atoms with Crippen LogP contribution < -0.4 is 0 Å². The average Bonchev–Trinajstić information content (AvgIpc) is 2.77. The Bertz CT molecular complexity index is 374. The van der Waals surface area contributed by atoms with Crippen LogP contribution in [0.25, 0.3) is 0 Å². The molecule has 3 nitrogen and oxygen atoms in total. The molecular weight excluding hydrogens is 188 g/mol. The summed E-state index contributed by atoms with van der Waals surface area (Å²) in [5.74, 6) is 0.772. The third-order valence-corrected chi connectivity index (χ3v) is 3.00. The van der Waals surface area contributed by atoms with Crippen LogP contribution in [0.1, 0.15) is 18.4 Å². The molecule has 1 aromatic rings. The molecule has 2 aliphatic heterocycles. The third-order valence-electron chi connectivity index (χ3n) is 3.00. The molecule has 0 unspecified atom stereocenters. The zero-order chi connectivity index (χ0) is 10.1. The van der Waals surface area contributed by atoms with Crippen LogP contribution >= 0.6 is 0 Å². The van der Waals surface area contributed by atoms with Crippen LogP contribution in [0.3, 0.4) is 0 Å². The Labute approximate surface area is 89.3 Å². The molecule has 0 saturated carbocycles. The van der Waals surface area contributed by atoms with E-state index in [-0.39, 0.29) is 0 Å². The van der Waals surface area contributed by atoms with Gasteiger partial charge >= 0.3 is 0 Å². The van der Waals surface area contributed by atoms with E-state index in [1.807, 2.05) is 30.3 Å². The van der Waals surface area contributed by atoms with Gasteiger partial charge in [-0.25, -0.2) is 0 Å². The quantitative estimate of drug-likeness (QED) is 0.694. The van der Waals surface area contributed by atoms with Crippen molar-refractivity contribution in [3.8, 4) is 0 Å². The minimum atomic E-state index is 0.512. The Kier molecular flexibility index (Phi) is 2.09. The van der Waals surface area contributed by atoms with Crippen LogP contribution in [0.5, 0.6) is 0 Å². The molecule has 0 aromatic heterocycles. The van der Waals surface area contributed by atoms with E-state index in [9.17, 15) is 0 Å². The minimum Gasteiger partial charge on any atom is -0.474 e. The van der Waals surface area contributed by atoms with Crippen molar-refractivity contribution in [2.24, 2.45) is 5.10 Å². The predicted molar refractivity (Wildman–Crippen MR) is 58.7 cm³/mol. The molecule has 78 valence electrons. The number of hydrogen-bond acceptors (Lipinski definition) is 3. The second-order valence-corrected chi connectivity index (χ2v) is 4.04. The molecule has 1 saturated heterocycles. The monoisotopic (exact) mass is 202 g/mol. The lowest BCUT2D eigenvalue weighted by molar-refractivity contribution is 0.133. The fraction of sp³-hybridized carbons (Fsp3) is 0.417. The average molecular weight is 202 g/mol.